The molecule has 0 saturated heterocycles. The molecule has 7 heteroatoms. The molecule has 0 radical (unpaired) electrons. The van der Waals surface area contributed by atoms with Crippen LogP contribution in [0.15, 0.2) is 6.20 Å². The van der Waals surface area contributed by atoms with E-state index in [4.69, 9.17) is 5.84 Å². The molecule has 1 saturated carbocycles. The predicted octanol–water partition coefficient (Wildman–Crippen LogP) is 1.24. The fourth-order valence-electron chi connectivity index (χ4n) is 2.54. The summed E-state index contributed by atoms with van der Waals surface area (Å²) in [6.07, 6.45) is 5.35. The number of hydrogen-bond donors (Lipinski definition) is 4. The summed E-state index contributed by atoms with van der Waals surface area (Å²) >= 11 is 0. The van der Waals surface area contributed by atoms with Gasteiger partial charge in [0, 0.05) is 6.04 Å². The first-order valence-electron chi connectivity index (χ1n) is 6.20. The highest BCUT2D eigenvalue weighted by atomic mass is 15.3. The van der Waals surface area contributed by atoms with E-state index in [1.807, 2.05) is 0 Å². The van der Waals surface area contributed by atoms with E-state index >= 15 is 0 Å². The van der Waals surface area contributed by atoms with Gasteiger partial charge in [-0.2, -0.15) is 15.1 Å². The third-order valence-electron chi connectivity index (χ3n) is 3.47. The number of nitrogens with zero attached hydrogens (tertiary/aromatic N) is 3. The van der Waals surface area contributed by atoms with Crippen LogP contribution in [0, 0.1) is 5.92 Å². The molecule has 0 bridgehead atoms. The van der Waals surface area contributed by atoms with Crippen molar-refractivity contribution in [1.82, 2.24) is 20.2 Å². The molecule has 2 heterocycles. The fourth-order valence-corrected chi connectivity index (χ4v) is 2.54. The van der Waals surface area contributed by atoms with Crippen LogP contribution < -0.4 is 16.6 Å². The molecule has 0 amide bonds. The van der Waals surface area contributed by atoms with Crippen molar-refractivity contribution in [3.05, 3.63) is 6.20 Å². The molecule has 0 aliphatic heterocycles. The first kappa shape index (κ1) is 11.2. The smallest absolute Gasteiger partial charge is 0.241 e. The van der Waals surface area contributed by atoms with E-state index in [2.05, 4.69) is 37.8 Å². The number of hydrazine groups is 1. The van der Waals surface area contributed by atoms with E-state index < -0.39 is 0 Å². The van der Waals surface area contributed by atoms with E-state index in [0.29, 0.717) is 17.6 Å². The van der Waals surface area contributed by atoms with Gasteiger partial charge in [-0.05, 0) is 25.2 Å². The highest BCUT2D eigenvalue weighted by Crippen LogP contribution is 2.29. The highest BCUT2D eigenvalue weighted by Gasteiger charge is 2.22. The number of aromatic nitrogens is 4. The lowest BCUT2D eigenvalue weighted by atomic mass is 10.1. The number of nitrogens with two attached hydrogens (primary N) is 1. The Morgan fingerprint density at radius 1 is 1.39 bits per heavy atom. The minimum atomic E-state index is 0.389. The summed E-state index contributed by atoms with van der Waals surface area (Å²) < 4.78 is 0. The van der Waals surface area contributed by atoms with Crippen molar-refractivity contribution in [2.45, 2.75) is 32.2 Å². The summed E-state index contributed by atoms with van der Waals surface area (Å²) in [6.45, 7) is 2.28. The zero-order valence-corrected chi connectivity index (χ0v) is 10.3. The van der Waals surface area contributed by atoms with E-state index in [-0.39, 0.29) is 0 Å². The maximum Gasteiger partial charge on any atom is 0.241 e. The Hall–Kier alpha value is -1.89. The molecule has 1 aliphatic carbocycles. The Morgan fingerprint density at radius 2 is 2.28 bits per heavy atom. The molecular formula is C11H17N7. The van der Waals surface area contributed by atoms with Crippen LogP contribution in [0.4, 0.5) is 11.8 Å². The van der Waals surface area contributed by atoms with Crippen LogP contribution in [-0.2, 0) is 0 Å². The molecule has 2 aromatic rings. The predicted molar refractivity (Wildman–Crippen MR) is 69.9 cm³/mol. The normalized spacial score (nSPS) is 23.4. The minimum Gasteiger partial charge on any atom is -0.367 e. The van der Waals surface area contributed by atoms with Crippen LogP contribution in [-0.4, -0.2) is 26.2 Å². The fraction of sp³-hybridized carbons (Fsp3) is 0.545. The molecule has 2 unspecified atom stereocenters. The van der Waals surface area contributed by atoms with Gasteiger partial charge in [0.15, 0.2) is 5.65 Å². The van der Waals surface area contributed by atoms with Crippen molar-refractivity contribution >= 4 is 22.8 Å². The van der Waals surface area contributed by atoms with Crippen LogP contribution in [0.25, 0.3) is 11.0 Å². The van der Waals surface area contributed by atoms with E-state index in [1.165, 1.54) is 19.3 Å². The van der Waals surface area contributed by atoms with Gasteiger partial charge in [-0.15, -0.1) is 0 Å². The Bertz CT molecular complexity index is 549. The van der Waals surface area contributed by atoms with Gasteiger partial charge in [0.1, 0.15) is 5.82 Å². The second-order valence-electron chi connectivity index (χ2n) is 4.93. The van der Waals surface area contributed by atoms with Crippen LogP contribution in [0.1, 0.15) is 26.2 Å². The molecule has 7 nitrogen and oxygen atoms in total. The van der Waals surface area contributed by atoms with Crippen molar-refractivity contribution < 1.29 is 0 Å². The van der Waals surface area contributed by atoms with Gasteiger partial charge in [-0.1, -0.05) is 6.92 Å². The van der Waals surface area contributed by atoms with Crippen molar-refractivity contribution in [1.29, 1.82) is 0 Å². The summed E-state index contributed by atoms with van der Waals surface area (Å²) in [4.78, 5) is 8.56. The van der Waals surface area contributed by atoms with Crippen molar-refractivity contribution in [2.24, 2.45) is 11.8 Å². The Balaban J connectivity index is 1.92. The maximum atomic E-state index is 5.37. The largest absolute Gasteiger partial charge is 0.367 e. The second-order valence-corrected chi connectivity index (χ2v) is 4.93. The minimum absolute atomic E-state index is 0.389. The lowest BCUT2D eigenvalue weighted by molar-refractivity contribution is 0.602. The van der Waals surface area contributed by atoms with E-state index in [0.717, 1.165) is 17.1 Å². The van der Waals surface area contributed by atoms with E-state index in [9.17, 15) is 0 Å². The topological polar surface area (TPSA) is 105 Å². The molecule has 1 aliphatic rings. The highest BCUT2D eigenvalue weighted by molar-refractivity contribution is 5.87. The van der Waals surface area contributed by atoms with Gasteiger partial charge in [-0.25, -0.2) is 5.84 Å². The first-order valence-corrected chi connectivity index (χ1v) is 6.20. The van der Waals surface area contributed by atoms with Gasteiger partial charge >= 0.3 is 0 Å². The van der Waals surface area contributed by atoms with Crippen LogP contribution in [0.2, 0.25) is 0 Å². The van der Waals surface area contributed by atoms with Gasteiger partial charge in [0.2, 0.25) is 5.95 Å². The van der Waals surface area contributed by atoms with Crippen molar-refractivity contribution in [3.8, 4) is 0 Å². The summed E-state index contributed by atoms with van der Waals surface area (Å²) in [5.41, 5.74) is 3.16. The molecular weight excluding hydrogens is 230 g/mol. The molecule has 0 aromatic carbocycles. The number of H-pyrrole nitrogens is 1. The summed E-state index contributed by atoms with van der Waals surface area (Å²) in [5, 5.41) is 11.2. The molecule has 18 heavy (non-hydrogen) atoms. The Kier molecular flexibility index (Phi) is 2.75. The average molecular weight is 247 g/mol. The number of anilines is 2. The van der Waals surface area contributed by atoms with Crippen molar-refractivity contribution in [3.63, 3.8) is 0 Å². The molecule has 96 valence electrons. The third-order valence-corrected chi connectivity index (χ3v) is 3.47. The average Bonchev–Trinajstić information content (AvgIpc) is 2.98. The maximum absolute atomic E-state index is 5.37. The zero-order valence-electron chi connectivity index (χ0n) is 10.3. The lowest BCUT2D eigenvalue weighted by Gasteiger charge is -2.14. The number of rotatable bonds is 3. The first-order chi connectivity index (χ1) is 8.76. The molecule has 0 spiro atoms. The number of aromatic amines is 1. The Labute approximate surface area is 105 Å². The molecule has 2 atom stereocenters. The van der Waals surface area contributed by atoms with E-state index in [1.54, 1.807) is 6.20 Å². The van der Waals surface area contributed by atoms with Crippen LogP contribution in [0.3, 0.4) is 0 Å². The molecule has 3 rings (SSSR count). The van der Waals surface area contributed by atoms with Gasteiger partial charge in [0.25, 0.3) is 0 Å². The van der Waals surface area contributed by atoms with Crippen LogP contribution in [0.5, 0.6) is 0 Å². The SMILES string of the molecule is CC1CCC(Nc2nc(NN)nc3[nH]ncc23)C1. The number of hydrogen-bond acceptors (Lipinski definition) is 6. The van der Waals surface area contributed by atoms with Crippen LogP contribution >= 0.6 is 0 Å². The second kappa shape index (κ2) is 4.41. The molecule has 2 aromatic heterocycles. The molecule has 1 fully saturated rings. The standard InChI is InChI=1S/C11H17N7/c1-6-2-3-7(4-6)14-9-8-5-13-18-10(8)16-11(15-9)17-12/h5-7H,2-4,12H2,1H3,(H3,13,14,15,16,17,18). The Morgan fingerprint density at radius 3 is 3.00 bits per heavy atom. The third kappa shape index (κ3) is 1.97. The van der Waals surface area contributed by atoms with Gasteiger partial charge < -0.3 is 5.32 Å². The monoisotopic (exact) mass is 247 g/mol. The summed E-state index contributed by atoms with van der Waals surface area (Å²) in [5.74, 6) is 7.33. The molecule has 5 N–H and O–H groups in total. The summed E-state index contributed by atoms with van der Waals surface area (Å²) in [6, 6.07) is 0.471. The zero-order chi connectivity index (χ0) is 12.5. The lowest BCUT2D eigenvalue weighted by Crippen LogP contribution is -2.18. The number of nitrogens with one attached hydrogen (secondary N) is 3. The summed E-state index contributed by atoms with van der Waals surface area (Å²) in [7, 11) is 0. The number of nitrogen functional groups attached to an aromatic ring is 1. The number of fused-ring (bicyclic) bond motifs is 1. The van der Waals surface area contributed by atoms with Gasteiger partial charge in [-0.3, -0.25) is 10.5 Å². The van der Waals surface area contributed by atoms with Gasteiger partial charge in [0.05, 0.1) is 11.6 Å². The van der Waals surface area contributed by atoms with Crippen molar-refractivity contribution in [2.75, 3.05) is 10.7 Å². The quantitative estimate of drug-likeness (QED) is 0.480.